The second-order valence-corrected chi connectivity index (χ2v) is 3.38. The van der Waals surface area contributed by atoms with Crippen LogP contribution in [0.4, 0.5) is 0 Å². The van der Waals surface area contributed by atoms with Gasteiger partial charge < -0.3 is 9.67 Å². The van der Waals surface area contributed by atoms with Crippen LogP contribution in [0.5, 0.6) is 0 Å². The first kappa shape index (κ1) is 9.84. The summed E-state index contributed by atoms with van der Waals surface area (Å²) < 4.78 is 2.03. The molecule has 0 aliphatic heterocycles. The molecule has 0 unspecified atom stereocenters. The van der Waals surface area contributed by atoms with E-state index in [1.54, 1.807) is 0 Å². The van der Waals surface area contributed by atoms with Gasteiger partial charge in [-0.3, -0.25) is 4.79 Å². The van der Waals surface area contributed by atoms with E-state index in [1.165, 1.54) is 16.8 Å². The van der Waals surface area contributed by atoms with E-state index in [9.17, 15) is 4.79 Å². The number of aryl methyl sites for hydroxylation is 2. The zero-order valence-electron chi connectivity index (χ0n) is 8.29. The number of carbonyl (C=O) groups is 1. The molecule has 1 rings (SSSR count). The third-order valence-corrected chi connectivity index (χ3v) is 2.42. The lowest BCUT2D eigenvalue weighted by Crippen LogP contribution is -1.99. The standard InChI is InChI=1S/C10H15NO2/c1-7-6-11(3)8(2)9(7)4-5-10(12)13/h6H,4-5H2,1-3H3,(H,12,13). The molecule has 72 valence electrons. The van der Waals surface area contributed by atoms with Crippen LogP contribution in [0.2, 0.25) is 0 Å². The highest BCUT2D eigenvalue weighted by Crippen LogP contribution is 2.16. The number of aliphatic carboxylic acids is 1. The summed E-state index contributed by atoms with van der Waals surface area (Å²) in [5, 5.41) is 8.56. The molecule has 0 spiro atoms. The van der Waals surface area contributed by atoms with Crippen molar-refractivity contribution in [2.45, 2.75) is 26.7 Å². The molecular formula is C10H15NO2. The normalized spacial score (nSPS) is 10.4. The van der Waals surface area contributed by atoms with Crippen molar-refractivity contribution in [2.24, 2.45) is 7.05 Å². The number of hydrogen-bond donors (Lipinski definition) is 1. The van der Waals surface area contributed by atoms with Gasteiger partial charge in [-0.05, 0) is 31.4 Å². The Morgan fingerprint density at radius 1 is 1.54 bits per heavy atom. The van der Waals surface area contributed by atoms with Crippen LogP contribution in [0.25, 0.3) is 0 Å². The Morgan fingerprint density at radius 3 is 2.54 bits per heavy atom. The summed E-state index contributed by atoms with van der Waals surface area (Å²) in [7, 11) is 1.98. The molecule has 1 aromatic heterocycles. The van der Waals surface area contributed by atoms with Crippen molar-refractivity contribution < 1.29 is 9.90 Å². The first-order valence-electron chi connectivity index (χ1n) is 4.35. The second kappa shape index (κ2) is 3.64. The van der Waals surface area contributed by atoms with Gasteiger partial charge in [0.25, 0.3) is 0 Å². The average molecular weight is 181 g/mol. The van der Waals surface area contributed by atoms with Gasteiger partial charge in [-0.2, -0.15) is 0 Å². The molecule has 0 aliphatic carbocycles. The van der Waals surface area contributed by atoms with Crippen molar-refractivity contribution in [1.29, 1.82) is 0 Å². The Morgan fingerprint density at radius 2 is 2.15 bits per heavy atom. The predicted molar refractivity (Wildman–Crippen MR) is 50.8 cm³/mol. The first-order chi connectivity index (χ1) is 6.02. The van der Waals surface area contributed by atoms with Crippen LogP contribution in [-0.2, 0) is 18.3 Å². The lowest BCUT2D eigenvalue weighted by Gasteiger charge is -2.00. The molecule has 0 saturated carbocycles. The molecule has 1 aromatic rings. The minimum absolute atomic E-state index is 0.214. The number of aromatic nitrogens is 1. The number of hydrogen-bond acceptors (Lipinski definition) is 1. The minimum Gasteiger partial charge on any atom is -0.481 e. The van der Waals surface area contributed by atoms with Crippen LogP contribution in [0.3, 0.4) is 0 Å². The summed E-state index contributed by atoms with van der Waals surface area (Å²) in [6.07, 6.45) is 2.88. The van der Waals surface area contributed by atoms with E-state index in [4.69, 9.17) is 5.11 Å². The molecule has 3 nitrogen and oxygen atoms in total. The summed E-state index contributed by atoms with van der Waals surface area (Å²) in [6.45, 7) is 4.04. The van der Waals surface area contributed by atoms with Crippen molar-refractivity contribution in [3.8, 4) is 0 Å². The van der Waals surface area contributed by atoms with Gasteiger partial charge in [0, 0.05) is 25.4 Å². The fraction of sp³-hybridized carbons (Fsp3) is 0.500. The molecule has 0 radical (unpaired) electrons. The van der Waals surface area contributed by atoms with Gasteiger partial charge >= 0.3 is 5.97 Å². The molecule has 1 N–H and O–H groups in total. The van der Waals surface area contributed by atoms with Gasteiger partial charge in [-0.1, -0.05) is 0 Å². The minimum atomic E-state index is -0.734. The van der Waals surface area contributed by atoms with Gasteiger partial charge in [-0.25, -0.2) is 0 Å². The molecule has 0 saturated heterocycles. The maximum Gasteiger partial charge on any atom is 0.303 e. The molecule has 0 amide bonds. The fourth-order valence-electron chi connectivity index (χ4n) is 1.57. The van der Waals surface area contributed by atoms with E-state index in [-0.39, 0.29) is 6.42 Å². The fourth-order valence-corrected chi connectivity index (χ4v) is 1.57. The van der Waals surface area contributed by atoms with Crippen LogP contribution in [-0.4, -0.2) is 15.6 Å². The monoisotopic (exact) mass is 181 g/mol. The number of rotatable bonds is 3. The summed E-state index contributed by atoms with van der Waals surface area (Å²) in [6, 6.07) is 0. The van der Waals surface area contributed by atoms with Gasteiger partial charge in [0.05, 0.1) is 0 Å². The van der Waals surface area contributed by atoms with Crippen molar-refractivity contribution in [3.63, 3.8) is 0 Å². The lowest BCUT2D eigenvalue weighted by molar-refractivity contribution is -0.136. The van der Waals surface area contributed by atoms with E-state index in [1.807, 2.05) is 31.7 Å². The van der Waals surface area contributed by atoms with Crippen molar-refractivity contribution in [1.82, 2.24) is 4.57 Å². The third kappa shape index (κ3) is 2.11. The van der Waals surface area contributed by atoms with Gasteiger partial charge in [0.1, 0.15) is 0 Å². The average Bonchev–Trinajstić information content (AvgIpc) is 2.24. The second-order valence-electron chi connectivity index (χ2n) is 3.38. The molecule has 1 heterocycles. The molecule has 0 fully saturated rings. The van der Waals surface area contributed by atoms with E-state index >= 15 is 0 Å². The summed E-state index contributed by atoms with van der Waals surface area (Å²) in [5.74, 6) is -0.734. The van der Waals surface area contributed by atoms with Crippen LogP contribution < -0.4 is 0 Å². The number of carboxylic acid groups (broad SMARTS) is 1. The maximum atomic E-state index is 10.4. The SMILES string of the molecule is Cc1cn(C)c(C)c1CCC(=O)O. The number of nitrogens with zero attached hydrogens (tertiary/aromatic N) is 1. The zero-order valence-corrected chi connectivity index (χ0v) is 8.29. The summed E-state index contributed by atoms with van der Waals surface area (Å²) >= 11 is 0. The quantitative estimate of drug-likeness (QED) is 0.770. The Hall–Kier alpha value is -1.25. The van der Waals surface area contributed by atoms with E-state index in [0.29, 0.717) is 6.42 Å². The molecule has 13 heavy (non-hydrogen) atoms. The number of carboxylic acids is 1. The van der Waals surface area contributed by atoms with Crippen molar-refractivity contribution in [2.75, 3.05) is 0 Å². The Balaban J connectivity index is 2.81. The third-order valence-electron chi connectivity index (χ3n) is 2.42. The molecular weight excluding hydrogens is 166 g/mol. The Labute approximate surface area is 78.0 Å². The van der Waals surface area contributed by atoms with Crippen LogP contribution in [0.1, 0.15) is 23.2 Å². The van der Waals surface area contributed by atoms with Gasteiger partial charge in [-0.15, -0.1) is 0 Å². The van der Waals surface area contributed by atoms with Crippen LogP contribution in [0, 0.1) is 13.8 Å². The molecule has 0 aliphatic rings. The predicted octanol–water partition coefficient (Wildman–Crippen LogP) is 1.66. The van der Waals surface area contributed by atoms with Crippen molar-refractivity contribution >= 4 is 5.97 Å². The zero-order chi connectivity index (χ0) is 10.0. The Bertz CT molecular complexity index is 326. The highest BCUT2D eigenvalue weighted by Gasteiger charge is 2.08. The molecule has 0 atom stereocenters. The summed E-state index contributed by atoms with van der Waals surface area (Å²) in [4.78, 5) is 10.4. The smallest absolute Gasteiger partial charge is 0.303 e. The van der Waals surface area contributed by atoms with E-state index in [0.717, 1.165) is 0 Å². The highest BCUT2D eigenvalue weighted by molar-refractivity contribution is 5.67. The summed E-state index contributed by atoms with van der Waals surface area (Å²) in [5.41, 5.74) is 3.52. The van der Waals surface area contributed by atoms with Crippen LogP contribution in [0.15, 0.2) is 6.20 Å². The highest BCUT2D eigenvalue weighted by atomic mass is 16.4. The van der Waals surface area contributed by atoms with Crippen LogP contribution >= 0.6 is 0 Å². The molecule has 3 heteroatoms. The van der Waals surface area contributed by atoms with Gasteiger partial charge in [0.2, 0.25) is 0 Å². The first-order valence-corrected chi connectivity index (χ1v) is 4.35. The maximum absolute atomic E-state index is 10.4. The Kier molecular flexibility index (Phi) is 2.76. The lowest BCUT2D eigenvalue weighted by atomic mass is 10.1. The van der Waals surface area contributed by atoms with Crippen molar-refractivity contribution in [3.05, 3.63) is 23.0 Å². The molecule has 0 aromatic carbocycles. The topological polar surface area (TPSA) is 42.2 Å². The molecule has 0 bridgehead atoms. The largest absolute Gasteiger partial charge is 0.481 e. The van der Waals surface area contributed by atoms with E-state index < -0.39 is 5.97 Å². The van der Waals surface area contributed by atoms with E-state index in [2.05, 4.69) is 0 Å². The van der Waals surface area contributed by atoms with Gasteiger partial charge in [0.15, 0.2) is 0 Å².